The third-order valence-corrected chi connectivity index (χ3v) is 4.87. The van der Waals surface area contributed by atoms with Crippen LogP contribution in [0.1, 0.15) is 24.0 Å². The van der Waals surface area contributed by atoms with Crippen molar-refractivity contribution in [3.05, 3.63) is 58.9 Å². The predicted molar refractivity (Wildman–Crippen MR) is 98.1 cm³/mol. The Morgan fingerprint density at radius 2 is 1.96 bits per heavy atom. The van der Waals surface area contributed by atoms with Crippen LogP contribution in [0, 0.1) is 5.92 Å². The Kier molecular flexibility index (Phi) is 6.07. The lowest BCUT2D eigenvalue weighted by molar-refractivity contribution is 0.127. The van der Waals surface area contributed by atoms with Crippen LogP contribution in [-0.4, -0.2) is 34.7 Å². The number of piperidine rings is 1. The summed E-state index contributed by atoms with van der Waals surface area (Å²) in [6.45, 7) is 4.11. The summed E-state index contributed by atoms with van der Waals surface area (Å²) in [6, 6.07) is 12.3. The highest BCUT2D eigenvalue weighted by molar-refractivity contribution is 6.29. The van der Waals surface area contributed by atoms with E-state index in [1.807, 2.05) is 12.1 Å². The molecule has 0 amide bonds. The molecule has 1 aliphatic heterocycles. The molecule has 0 radical (unpaired) electrons. The van der Waals surface area contributed by atoms with Crippen molar-refractivity contribution in [2.24, 2.45) is 5.92 Å². The van der Waals surface area contributed by atoms with Crippen LogP contribution in [0.4, 0.5) is 5.69 Å². The lowest BCUT2D eigenvalue weighted by Crippen LogP contribution is -2.34. The normalized spacial score (nSPS) is 16.2. The average Bonchev–Trinajstić information content (AvgIpc) is 2.63. The highest BCUT2D eigenvalue weighted by Crippen LogP contribution is 2.22. The maximum atomic E-state index is 9.26. The van der Waals surface area contributed by atoms with Crippen molar-refractivity contribution < 1.29 is 5.11 Å². The standard InChI is InChI=1S/C19H24ClN3O/c20-19-6-5-16(12-22-19)11-21-18-4-2-1-3-17(18)13-23-9-7-15(14-24)8-10-23/h1-6,12,15,21,24H,7-11,13-14H2. The van der Waals surface area contributed by atoms with Gasteiger partial charge in [0.2, 0.25) is 0 Å². The molecular weight excluding hydrogens is 322 g/mol. The number of para-hydroxylation sites is 1. The second-order valence-corrected chi connectivity index (χ2v) is 6.79. The summed E-state index contributed by atoms with van der Waals surface area (Å²) in [5, 5.41) is 13.3. The summed E-state index contributed by atoms with van der Waals surface area (Å²) >= 11 is 5.83. The van der Waals surface area contributed by atoms with Crippen LogP contribution in [0.5, 0.6) is 0 Å². The molecule has 1 fully saturated rings. The molecular formula is C19H24ClN3O. The van der Waals surface area contributed by atoms with Crippen molar-refractivity contribution >= 4 is 17.3 Å². The number of likely N-dealkylation sites (tertiary alicyclic amines) is 1. The van der Waals surface area contributed by atoms with Crippen molar-refractivity contribution in [2.75, 3.05) is 25.0 Å². The Morgan fingerprint density at radius 1 is 1.17 bits per heavy atom. The Bertz CT molecular complexity index is 639. The monoisotopic (exact) mass is 345 g/mol. The summed E-state index contributed by atoms with van der Waals surface area (Å²) in [6.07, 6.45) is 3.97. The number of halogens is 1. The molecule has 1 aromatic carbocycles. The van der Waals surface area contributed by atoms with Gasteiger partial charge >= 0.3 is 0 Å². The first kappa shape index (κ1) is 17.2. The zero-order valence-corrected chi connectivity index (χ0v) is 14.5. The van der Waals surface area contributed by atoms with Gasteiger partial charge in [0.15, 0.2) is 0 Å². The number of aromatic nitrogens is 1. The third-order valence-electron chi connectivity index (χ3n) is 4.65. The molecule has 3 rings (SSSR count). The summed E-state index contributed by atoms with van der Waals surface area (Å²) in [4.78, 5) is 6.59. The lowest BCUT2D eigenvalue weighted by Gasteiger charge is -2.31. The van der Waals surface area contributed by atoms with Gasteiger partial charge in [0, 0.05) is 31.6 Å². The van der Waals surface area contributed by atoms with Crippen molar-refractivity contribution in [1.29, 1.82) is 0 Å². The zero-order valence-electron chi connectivity index (χ0n) is 13.8. The van der Waals surface area contributed by atoms with Gasteiger partial charge in [0.25, 0.3) is 0 Å². The summed E-state index contributed by atoms with van der Waals surface area (Å²) in [5.74, 6) is 0.479. The summed E-state index contributed by atoms with van der Waals surface area (Å²) in [7, 11) is 0. The molecule has 0 unspecified atom stereocenters. The van der Waals surface area contributed by atoms with Crippen molar-refractivity contribution in [1.82, 2.24) is 9.88 Å². The van der Waals surface area contributed by atoms with E-state index in [9.17, 15) is 5.11 Å². The van der Waals surface area contributed by atoms with Gasteiger partial charge in [-0.25, -0.2) is 4.98 Å². The topological polar surface area (TPSA) is 48.4 Å². The fourth-order valence-corrected chi connectivity index (χ4v) is 3.22. The summed E-state index contributed by atoms with van der Waals surface area (Å²) in [5.41, 5.74) is 3.58. The Balaban J connectivity index is 1.59. The molecule has 0 aliphatic carbocycles. The smallest absolute Gasteiger partial charge is 0.129 e. The molecule has 0 bridgehead atoms. The maximum absolute atomic E-state index is 9.26. The first-order valence-corrected chi connectivity index (χ1v) is 8.88. The molecule has 1 aromatic heterocycles. The van der Waals surface area contributed by atoms with E-state index in [0.717, 1.165) is 50.3 Å². The van der Waals surface area contributed by atoms with Crippen LogP contribution in [0.15, 0.2) is 42.6 Å². The highest BCUT2D eigenvalue weighted by atomic mass is 35.5. The number of nitrogens with zero attached hydrogens (tertiary/aromatic N) is 2. The molecule has 4 nitrogen and oxygen atoms in total. The Hall–Kier alpha value is -1.62. The molecule has 128 valence electrons. The number of anilines is 1. The number of hydrogen-bond acceptors (Lipinski definition) is 4. The van der Waals surface area contributed by atoms with Gasteiger partial charge in [-0.3, -0.25) is 4.90 Å². The van der Waals surface area contributed by atoms with Crippen LogP contribution in [0.3, 0.4) is 0 Å². The van der Waals surface area contributed by atoms with E-state index in [0.29, 0.717) is 17.7 Å². The van der Waals surface area contributed by atoms with Crippen LogP contribution in [0.2, 0.25) is 5.15 Å². The Morgan fingerprint density at radius 3 is 2.67 bits per heavy atom. The molecule has 5 heteroatoms. The molecule has 0 spiro atoms. The molecule has 24 heavy (non-hydrogen) atoms. The predicted octanol–water partition coefficient (Wildman–Crippen LogP) is 3.55. The number of pyridine rings is 1. The van der Waals surface area contributed by atoms with E-state index in [2.05, 4.69) is 39.5 Å². The zero-order chi connectivity index (χ0) is 16.8. The molecule has 2 N–H and O–H groups in total. The van der Waals surface area contributed by atoms with Crippen LogP contribution in [0.25, 0.3) is 0 Å². The number of aliphatic hydroxyl groups excluding tert-OH is 1. The molecule has 0 atom stereocenters. The number of rotatable bonds is 6. The van der Waals surface area contributed by atoms with Gasteiger partial charge in [-0.05, 0) is 55.1 Å². The van der Waals surface area contributed by atoms with E-state index < -0.39 is 0 Å². The maximum Gasteiger partial charge on any atom is 0.129 e. The average molecular weight is 346 g/mol. The number of aliphatic hydroxyl groups is 1. The highest BCUT2D eigenvalue weighted by Gasteiger charge is 2.19. The number of benzene rings is 1. The fourth-order valence-electron chi connectivity index (χ4n) is 3.11. The van der Waals surface area contributed by atoms with E-state index in [1.54, 1.807) is 6.20 Å². The van der Waals surface area contributed by atoms with Crippen LogP contribution in [-0.2, 0) is 13.1 Å². The van der Waals surface area contributed by atoms with Gasteiger partial charge in [-0.2, -0.15) is 0 Å². The van der Waals surface area contributed by atoms with E-state index in [4.69, 9.17) is 11.6 Å². The van der Waals surface area contributed by atoms with E-state index >= 15 is 0 Å². The Labute approximate surface area is 148 Å². The molecule has 0 saturated carbocycles. The number of nitrogens with one attached hydrogen (secondary N) is 1. The van der Waals surface area contributed by atoms with Gasteiger partial charge in [-0.15, -0.1) is 0 Å². The van der Waals surface area contributed by atoms with Crippen molar-refractivity contribution in [3.8, 4) is 0 Å². The van der Waals surface area contributed by atoms with Gasteiger partial charge in [-0.1, -0.05) is 35.9 Å². The van der Waals surface area contributed by atoms with E-state index in [-0.39, 0.29) is 0 Å². The fraction of sp³-hybridized carbons (Fsp3) is 0.421. The summed E-state index contributed by atoms with van der Waals surface area (Å²) < 4.78 is 0. The minimum Gasteiger partial charge on any atom is -0.396 e. The van der Waals surface area contributed by atoms with Crippen LogP contribution < -0.4 is 5.32 Å². The van der Waals surface area contributed by atoms with Gasteiger partial charge < -0.3 is 10.4 Å². The minimum atomic E-state index is 0.321. The van der Waals surface area contributed by atoms with Gasteiger partial charge in [0.1, 0.15) is 5.15 Å². The molecule has 1 aliphatic rings. The minimum absolute atomic E-state index is 0.321. The van der Waals surface area contributed by atoms with Crippen molar-refractivity contribution in [3.63, 3.8) is 0 Å². The lowest BCUT2D eigenvalue weighted by atomic mass is 9.97. The quantitative estimate of drug-likeness (QED) is 0.786. The first-order chi connectivity index (χ1) is 11.7. The molecule has 2 heterocycles. The number of hydrogen-bond donors (Lipinski definition) is 2. The third kappa shape index (κ3) is 4.69. The molecule has 1 saturated heterocycles. The largest absolute Gasteiger partial charge is 0.396 e. The second-order valence-electron chi connectivity index (χ2n) is 6.40. The first-order valence-electron chi connectivity index (χ1n) is 8.50. The van der Waals surface area contributed by atoms with E-state index in [1.165, 1.54) is 5.56 Å². The second kappa shape index (κ2) is 8.47. The SMILES string of the molecule is OCC1CCN(Cc2ccccc2NCc2ccc(Cl)nc2)CC1. The van der Waals surface area contributed by atoms with Crippen molar-refractivity contribution in [2.45, 2.75) is 25.9 Å². The van der Waals surface area contributed by atoms with Gasteiger partial charge in [0.05, 0.1) is 0 Å². The molecule has 2 aromatic rings. The van der Waals surface area contributed by atoms with Crippen LogP contribution >= 0.6 is 11.6 Å².